The fourth-order valence-electron chi connectivity index (χ4n) is 6.29. The number of aromatic nitrogens is 2. The third-order valence-electron chi connectivity index (χ3n) is 7.99. The highest BCUT2D eigenvalue weighted by molar-refractivity contribution is 5.79. The number of benzene rings is 2. The number of likely N-dealkylation sites (tertiary alicyclic amines) is 1. The highest BCUT2D eigenvalue weighted by atomic mass is 15.2. The number of hydrogen-bond acceptors (Lipinski definition) is 3. The molecule has 1 saturated heterocycles. The lowest BCUT2D eigenvalue weighted by molar-refractivity contribution is 0.0435. The van der Waals surface area contributed by atoms with Crippen molar-refractivity contribution in [2.75, 3.05) is 19.6 Å². The normalized spacial score (nSPS) is 20.4. The van der Waals surface area contributed by atoms with E-state index in [0.29, 0.717) is 12.5 Å². The minimum atomic E-state index is 0.233. The van der Waals surface area contributed by atoms with Gasteiger partial charge in [-0.15, -0.1) is 0 Å². The van der Waals surface area contributed by atoms with Gasteiger partial charge in [-0.3, -0.25) is 4.90 Å². The Morgan fingerprint density at radius 1 is 0.938 bits per heavy atom. The van der Waals surface area contributed by atoms with Gasteiger partial charge in [0.05, 0.1) is 11.0 Å². The van der Waals surface area contributed by atoms with Crippen LogP contribution in [0, 0.1) is 0 Å². The summed E-state index contributed by atoms with van der Waals surface area (Å²) in [5, 5.41) is 0. The maximum absolute atomic E-state index is 5.71. The lowest BCUT2D eigenvalue weighted by Gasteiger charge is -2.48. The molecule has 2 aromatic carbocycles. The fourth-order valence-corrected chi connectivity index (χ4v) is 6.29. The number of nitrogens with one attached hydrogen (secondary N) is 1. The lowest BCUT2D eigenvalue weighted by atomic mass is 9.78. The molecule has 1 aliphatic heterocycles. The van der Waals surface area contributed by atoms with Gasteiger partial charge in [-0.1, -0.05) is 68.1 Å². The van der Waals surface area contributed by atoms with E-state index in [4.69, 9.17) is 10.7 Å². The zero-order chi connectivity index (χ0) is 21.8. The summed E-state index contributed by atoms with van der Waals surface area (Å²) in [6.45, 7) is 3.08. The molecule has 0 unspecified atom stereocenters. The van der Waals surface area contributed by atoms with Crippen LogP contribution in [0.25, 0.3) is 11.0 Å². The Labute approximate surface area is 192 Å². The molecule has 0 atom stereocenters. The van der Waals surface area contributed by atoms with Crippen LogP contribution in [0.3, 0.4) is 0 Å². The molecule has 170 valence electrons. The number of para-hydroxylation sites is 1. The van der Waals surface area contributed by atoms with Crippen LogP contribution >= 0.6 is 0 Å². The molecule has 1 aliphatic carbocycles. The molecule has 3 N–H and O–H groups in total. The van der Waals surface area contributed by atoms with Crippen LogP contribution < -0.4 is 5.73 Å². The molecule has 2 heterocycles. The Balaban J connectivity index is 1.36. The Kier molecular flexibility index (Phi) is 6.61. The number of hydrogen-bond donors (Lipinski definition) is 2. The summed E-state index contributed by atoms with van der Waals surface area (Å²) >= 11 is 0. The van der Waals surface area contributed by atoms with Crippen molar-refractivity contribution >= 4 is 11.0 Å². The number of aryl methyl sites for hydroxylation is 1. The maximum Gasteiger partial charge on any atom is 0.107 e. The first-order valence-electron chi connectivity index (χ1n) is 12.8. The first kappa shape index (κ1) is 21.7. The van der Waals surface area contributed by atoms with Crippen LogP contribution in [0.15, 0.2) is 48.5 Å². The van der Waals surface area contributed by atoms with E-state index in [9.17, 15) is 0 Å². The van der Waals surface area contributed by atoms with E-state index in [1.807, 2.05) is 0 Å². The standard InChI is InChI=1S/C28H38N4/c29-19-9-14-26-30-25-13-8-12-24(27(25)31-26)22-15-20-32(21-16-22)28(17-6-1-2-7-18-28)23-10-4-3-5-11-23/h3-5,8,10-13,22H,1-2,6-7,9,14-21,29H2,(H,30,31). The van der Waals surface area contributed by atoms with Crippen LogP contribution in [0.1, 0.15) is 80.7 Å². The number of piperidine rings is 1. The molecule has 2 aliphatic rings. The Bertz CT molecular complexity index is 993. The Hall–Kier alpha value is -2.17. The predicted octanol–water partition coefficient (Wildman–Crippen LogP) is 5.88. The molecule has 0 spiro atoms. The maximum atomic E-state index is 5.71. The van der Waals surface area contributed by atoms with Gasteiger partial charge in [0.25, 0.3) is 0 Å². The van der Waals surface area contributed by atoms with E-state index in [1.165, 1.54) is 81.1 Å². The molecule has 1 aromatic heterocycles. The minimum absolute atomic E-state index is 0.233. The summed E-state index contributed by atoms with van der Waals surface area (Å²) in [6, 6.07) is 18.1. The zero-order valence-electron chi connectivity index (χ0n) is 19.4. The van der Waals surface area contributed by atoms with E-state index in [0.717, 1.165) is 18.7 Å². The van der Waals surface area contributed by atoms with Crippen molar-refractivity contribution in [2.24, 2.45) is 5.73 Å². The van der Waals surface area contributed by atoms with Crippen LogP contribution in [0.2, 0.25) is 0 Å². The van der Waals surface area contributed by atoms with Gasteiger partial charge >= 0.3 is 0 Å². The minimum Gasteiger partial charge on any atom is -0.342 e. The van der Waals surface area contributed by atoms with E-state index in [2.05, 4.69) is 58.4 Å². The number of imidazole rings is 1. The van der Waals surface area contributed by atoms with Gasteiger partial charge in [0.2, 0.25) is 0 Å². The van der Waals surface area contributed by atoms with Gasteiger partial charge in [0, 0.05) is 12.0 Å². The number of nitrogens with zero attached hydrogens (tertiary/aromatic N) is 2. The van der Waals surface area contributed by atoms with Crippen molar-refractivity contribution in [3.8, 4) is 0 Å². The van der Waals surface area contributed by atoms with Crippen molar-refractivity contribution in [1.29, 1.82) is 0 Å². The van der Waals surface area contributed by atoms with Gasteiger partial charge in [-0.25, -0.2) is 4.98 Å². The Morgan fingerprint density at radius 2 is 1.69 bits per heavy atom. The molecular weight excluding hydrogens is 392 g/mol. The van der Waals surface area contributed by atoms with Gasteiger partial charge in [0.15, 0.2) is 0 Å². The summed E-state index contributed by atoms with van der Waals surface area (Å²) in [5.74, 6) is 1.68. The van der Waals surface area contributed by atoms with E-state index in [1.54, 1.807) is 5.56 Å². The summed E-state index contributed by atoms with van der Waals surface area (Å²) < 4.78 is 0. The second-order valence-corrected chi connectivity index (χ2v) is 9.89. The fraction of sp³-hybridized carbons (Fsp3) is 0.536. The first-order valence-corrected chi connectivity index (χ1v) is 12.8. The molecule has 3 aromatic rings. The Morgan fingerprint density at radius 3 is 2.41 bits per heavy atom. The van der Waals surface area contributed by atoms with E-state index >= 15 is 0 Å². The summed E-state index contributed by atoms with van der Waals surface area (Å²) in [5.41, 5.74) is 11.3. The van der Waals surface area contributed by atoms with Gasteiger partial charge in [0.1, 0.15) is 5.82 Å². The largest absolute Gasteiger partial charge is 0.342 e. The summed E-state index contributed by atoms with van der Waals surface area (Å²) in [7, 11) is 0. The summed E-state index contributed by atoms with van der Waals surface area (Å²) in [4.78, 5) is 11.4. The number of fused-ring (bicyclic) bond motifs is 1. The lowest BCUT2D eigenvalue weighted by Crippen LogP contribution is -2.49. The van der Waals surface area contributed by atoms with Crippen LogP contribution in [-0.2, 0) is 12.0 Å². The molecule has 2 fully saturated rings. The highest BCUT2D eigenvalue weighted by Crippen LogP contribution is 2.44. The second kappa shape index (κ2) is 9.76. The SMILES string of the molecule is NCCCc1nc2c(C3CCN(C4(c5ccccc5)CCCCCC4)CC3)cccc2[nH]1. The average Bonchev–Trinajstić information content (AvgIpc) is 3.11. The first-order chi connectivity index (χ1) is 15.8. The number of rotatable bonds is 6. The molecule has 0 amide bonds. The monoisotopic (exact) mass is 430 g/mol. The number of aromatic amines is 1. The topological polar surface area (TPSA) is 57.9 Å². The quantitative estimate of drug-likeness (QED) is 0.480. The van der Waals surface area contributed by atoms with E-state index in [-0.39, 0.29) is 5.54 Å². The molecule has 1 saturated carbocycles. The molecular formula is C28H38N4. The van der Waals surface area contributed by atoms with Crippen molar-refractivity contribution in [2.45, 2.75) is 75.7 Å². The third-order valence-corrected chi connectivity index (χ3v) is 7.99. The van der Waals surface area contributed by atoms with Crippen LogP contribution in [-0.4, -0.2) is 34.5 Å². The average molecular weight is 431 g/mol. The molecule has 0 radical (unpaired) electrons. The van der Waals surface area contributed by atoms with Gasteiger partial charge in [-0.2, -0.15) is 0 Å². The molecule has 5 rings (SSSR count). The van der Waals surface area contributed by atoms with Gasteiger partial charge < -0.3 is 10.7 Å². The van der Waals surface area contributed by atoms with Crippen molar-refractivity contribution < 1.29 is 0 Å². The van der Waals surface area contributed by atoms with Crippen molar-refractivity contribution in [3.63, 3.8) is 0 Å². The molecule has 0 bridgehead atoms. The second-order valence-electron chi connectivity index (χ2n) is 9.89. The third kappa shape index (κ3) is 4.23. The van der Waals surface area contributed by atoms with Crippen LogP contribution in [0.5, 0.6) is 0 Å². The smallest absolute Gasteiger partial charge is 0.107 e. The van der Waals surface area contributed by atoms with Crippen molar-refractivity contribution in [3.05, 3.63) is 65.5 Å². The highest BCUT2D eigenvalue weighted by Gasteiger charge is 2.40. The van der Waals surface area contributed by atoms with Crippen LogP contribution in [0.4, 0.5) is 0 Å². The van der Waals surface area contributed by atoms with Gasteiger partial charge in [-0.05, 0) is 74.8 Å². The summed E-state index contributed by atoms with van der Waals surface area (Å²) in [6.07, 6.45) is 12.5. The number of nitrogens with two attached hydrogens (primary N) is 1. The number of H-pyrrole nitrogens is 1. The molecule has 4 heteroatoms. The zero-order valence-corrected chi connectivity index (χ0v) is 19.4. The predicted molar refractivity (Wildman–Crippen MR) is 133 cm³/mol. The molecule has 32 heavy (non-hydrogen) atoms. The van der Waals surface area contributed by atoms with Crippen molar-refractivity contribution in [1.82, 2.24) is 14.9 Å². The molecule has 4 nitrogen and oxygen atoms in total. The van der Waals surface area contributed by atoms with E-state index < -0.39 is 0 Å².